The summed E-state index contributed by atoms with van der Waals surface area (Å²) in [6.07, 6.45) is 0. The lowest BCUT2D eigenvalue weighted by Crippen LogP contribution is -3.08. The van der Waals surface area contributed by atoms with Crippen LogP contribution in [-0.4, -0.2) is 19.5 Å². The molecule has 0 fully saturated rings. The maximum absolute atomic E-state index is 13.6. The van der Waals surface area contributed by atoms with Gasteiger partial charge in [0.25, 0.3) is 5.91 Å². The number of anilines is 1. The Morgan fingerprint density at radius 2 is 2.00 bits per heavy atom. The third kappa shape index (κ3) is 4.79. The smallest absolute Gasteiger partial charge is 0.279 e. The van der Waals surface area contributed by atoms with Crippen molar-refractivity contribution in [2.45, 2.75) is 6.54 Å². The van der Waals surface area contributed by atoms with Crippen molar-refractivity contribution in [1.29, 1.82) is 0 Å². The first kappa shape index (κ1) is 16.4. The van der Waals surface area contributed by atoms with Crippen LogP contribution in [0, 0.1) is 11.6 Å². The second kappa shape index (κ2) is 7.33. The summed E-state index contributed by atoms with van der Waals surface area (Å²) in [6.45, 7) is 0.632. The summed E-state index contributed by atoms with van der Waals surface area (Å²) in [4.78, 5) is 12.8. The van der Waals surface area contributed by atoms with Crippen molar-refractivity contribution in [3.05, 3.63) is 64.7 Å². The van der Waals surface area contributed by atoms with E-state index in [2.05, 4.69) is 5.32 Å². The first-order valence-corrected chi connectivity index (χ1v) is 7.12. The first-order valence-electron chi connectivity index (χ1n) is 6.74. The minimum absolute atomic E-state index is 0.0907. The second-order valence-corrected chi connectivity index (χ2v) is 5.55. The Balaban J connectivity index is 1.91. The fourth-order valence-electron chi connectivity index (χ4n) is 2.12. The second-order valence-electron chi connectivity index (χ2n) is 5.11. The van der Waals surface area contributed by atoms with E-state index < -0.39 is 5.82 Å². The summed E-state index contributed by atoms with van der Waals surface area (Å²) in [5.74, 6) is -1.21. The van der Waals surface area contributed by atoms with Crippen molar-refractivity contribution >= 4 is 23.2 Å². The molecule has 22 heavy (non-hydrogen) atoms. The number of likely N-dealkylation sites (N-methyl/N-ethyl adjacent to an activating group) is 1. The Bertz CT molecular complexity index is 679. The number of hydrogen-bond acceptors (Lipinski definition) is 1. The standard InChI is InChI=1S/C16H15ClF2N2O/c1-21(9-11-3-2-4-13(18)7-11)10-16(22)20-15-6-5-12(17)8-14(15)19/h2-8H,9-10H2,1H3,(H,20,22)/p+1. The molecule has 6 heteroatoms. The highest BCUT2D eigenvalue weighted by Crippen LogP contribution is 2.18. The summed E-state index contributed by atoms with van der Waals surface area (Å²) in [7, 11) is 1.81. The van der Waals surface area contributed by atoms with Gasteiger partial charge in [0.1, 0.15) is 18.2 Å². The molecule has 1 amide bonds. The number of quaternary nitrogens is 1. The number of halogens is 3. The largest absolute Gasteiger partial charge is 0.326 e. The molecule has 2 rings (SSSR count). The molecule has 0 saturated heterocycles. The van der Waals surface area contributed by atoms with Crippen LogP contribution in [-0.2, 0) is 11.3 Å². The third-order valence-electron chi connectivity index (χ3n) is 3.06. The van der Waals surface area contributed by atoms with E-state index in [4.69, 9.17) is 11.6 Å². The van der Waals surface area contributed by atoms with Crippen molar-refractivity contribution in [2.75, 3.05) is 18.9 Å². The van der Waals surface area contributed by atoms with Crippen molar-refractivity contribution in [3.63, 3.8) is 0 Å². The van der Waals surface area contributed by atoms with Crippen LogP contribution in [0.15, 0.2) is 42.5 Å². The van der Waals surface area contributed by atoms with E-state index in [0.29, 0.717) is 6.54 Å². The zero-order valence-corrected chi connectivity index (χ0v) is 12.8. The topological polar surface area (TPSA) is 33.5 Å². The van der Waals surface area contributed by atoms with Crippen LogP contribution in [0.3, 0.4) is 0 Å². The van der Waals surface area contributed by atoms with Crippen LogP contribution in [0.4, 0.5) is 14.5 Å². The molecular formula is C16H16ClF2N2O+. The van der Waals surface area contributed by atoms with Gasteiger partial charge in [-0.05, 0) is 30.3 Å². The molecule has 2 aromatic rings. The van der Waals surface area contributed by atoms with E-state index >= 15 is 0 Å². The molecular weight excluding hydrogens is 310 g/mol. The van der Waals surface area contributed by atoms with Gasteiger partial charge in [0.05, 0.1) is 12.7 Å². The molecule has 2 aromatic carbocycles. The fraction of sp³-hybridized carbons (Fsp3) is 0.188. The van der Waals surface area contributed by atoms with Crippen molar-refractivity contribution in [1.82, 2.24) is 0 Å². The molecule has 0 aliphatic heterocycles. The zero-order valence-electron chi connectivity index (χ0n) is 12.0. The molecule has 0 heterocycles. The Labute approximate surface area is 132 Å². The number of benzene rings is 2. The lowest BCUT2D eigenvalue weighted by Gasteiger charge is -2.14. The quantitative estimate of drug-likeness (QED) is 0.869. The van der Waals surface area contributed by atoms with Crippen LogP contribution in [0.2, 0.25) is 5.02 Å². The molecule has 0 aliphatic carbocycles. The average Bonchev–Trinajstić information content (AvgIpc) is 2.41. The van der Waals surface area contributed by atoms with Gasteiger partial charge in [0, 0.05) is 10.6 Å². The number of hydrogen-bond donors (Lipinski definition) is 2. The molecule has 1 atom stereocenters. The van der Waals surface area contributed by atoms with Crippen molar-refractivity contribution in [3.8, 4) is 0 Å². The summed E-state index contributed by atoms with van der Waals surface area (Å²) in [5.41, 5.74) is 0.885. The van der Waals surface area contributed by atoms with E-state index in [1.807, 2.05) is 7.05 Å². The number of nitrogens with one attached hydrogen (secondary N) is 2. The molecule has 0 radical (unpaired) electrons. The van der Waals surface area contributed by atoms with Crippen molar-refractivity contribution < 1.29 is 18.5 Å². The SMILES string of the molecule is C[NH+](CC(=O)Nc1ccc(Cl)cc1F)Cc1cccc(F)c1. The van der Waals surface area contributed by atoms with Gasteiger partial charge in [-0.2, -0.15) is 0 Å². The number of carbonyl (C=O) groups is 1. The molecule has 3 nitrogen and oxygen atoms in total. The minimum Gasteiger partial charge on any atom is -0.326 e. The summed E-state index contributed by atoms with van der Waals surface area (Å²) < 4.78 is 26.7. The van der Waals surface area contributed by atoms with Crippen LogP contribution >= 0.6 is 11.6 Å². The number of amides is 1. The van der Waals surface area contributed by atoms with Gasteiger partial charge in [-0.1, -0.05) is 23.7 Å². The fourth-order valence-corrected chi connectivity index (χ4v) is 2.28. The Morgan fingerprint density at radius 1 is 1.23 bits per heavy atom. The Kier molecular flexibility index (Phi) is 5.46. The summed E-state index contributed by atoms with van der Waals surface area (Å²) in [5, 5.41) is 2.77. The monoisotopic (exact) mass is 325 g/mol. The molecule has 1 unspecified atom stereocenters. The normalized spacial score (nSPS) is 12.0. The average molecular weight is 326 g/mol. The lowest BCUT2D eigenvalue weighted by molar-refractivity contribution is -0.885. The summed E-state index contributed by atoms with van der Waals surface area (Å²) >= 11 is 5.65. The van der Waals surface area contributed by atoms with E-state index in [-0.39, 0.29) is 29.0 Å². The predicted octanol–water partition coefficient (Wildman–Crippen LogP) is 2.27. The van der Waals surface area contributed by atoms with Crippen LogP contribution in [0.25, 0.3) is 0 Å². The van der Waals surface area contributed by atoms with Crippen LogP contribution in [0.1, 0.15) is 5.56 Å². The maximum atomic E-state index is 13.6. The van der Waals surface area contributed by atoms with Gasteiger partial charge in [0.15, 0.2) is 6.54 Å². The molecule has 116 valence electrons. The third-order valence-corrected chi connectivity index (χ3v) is 3.30. The minimum atomic E-state index is -0.580. The zero-order chi connectivity index (χ0) is 16.1. The first-order chi connectivity index (χ1) is 10.4. The van der Waals surface area contributed by atoms with Gasteiger partial charge in [0.2, 0.25) is 0 Å². The highest BCUT2D eigenvalue weighted by Gasteiger charge is 2.13. The molecule has 2 N–H and O–H groups in total. The molecule has 0 saturated carbocycles. The lowest BCUT2D eigenvalue weighted by atomic mass is 10.2. The van der Waals surface area contributed by atoms with E-state index in [1.54, 1.807) is 12.1 Å². The molecule has 0 aliphatic rings. The van der Waals surface area contributed by atoms with E-state index in [0.717, 1.165) is 16.5 Å². The van der Waals surface area contributed by atoms with Gasteiger partial charge in [-0.15, -0.1) is 0 Å². The van der Waals surface area contributed by atoms with Gasteiger partial charge >= 0.3 is 0 Å². The van der Waals surface area contributed by atoms with Crippen LogP contribution in [0.5, 0.6) is 0 Å². The van der Waals surface area contributed by atoms with Crippen molar-refractivity contribution in [2.24, 2.45) is 0 Å². The number of rotatable bonds is 5. The number of carbonyl (C=O) groups excluding carboxylic acids is 1. The highest BCUT2D eigenvalue weighted by atomic mass is 35.5. The van der Waals surface area contributed by atoms with Gasteiger partial charge < -0.3 is 10.2 Å². The van der Waals surface area contributed by atoms with E-state index in [9.17, 15) is 13.6 Å². The Hall–Kier alpha value is -1.98. The predicted molar refractivity (Wildman–Crippen MR) is 81.9 cm³/mol. The van der Waals surface area contributed by atoms with Gasteiger partial charge in [-0.3, -0.25) is 4.79 Å². The molecule has 0 spiro atoms. The van der Waals surface area contributed by atoms with Gasteiger partial charge in [-0.25, -0.2) is 8.78 Å². The molecule has 0 bridgehead atoms. The molecule has 0 aromatic heterocycles. The maximum Gasteiger partial charge on any atom is 0.279 e. The van der Waals surface area contributed by atoms with E-state index in [1.165, 1.54) is 24.3 Å². The highest BCUT2D eigenvalue weighted by molar-refractivity contribution is 6.30. The Morgan fingerprint density at radius 3 is 2.68 bits per heavy atom. The summed E-state index contributed by atoms with van der Waals surface area (Å²) in [6, 6.07) is 10.3. The van der Waals surface area contributed by atoms with Crippen LogP contribution < -0.4 is 10.2 Å².